The first-order valence-corrected chi connectivity index (χ1v) is 6.77. The van der Waals surface area contributed by atoms with Crippen LogP contribution >= 0.6 is 0 Å². The number of hydrogen-bond donors (Lipinski definition) is 4. The maximum Gasteiger partial charge on any atom is 0.280 e. The van der Waals surface area contributed by atoms with Crippen molar-refractivity contribution in [2.75, 3.05) is 25.5 Å². The van der Waals surface area contributed by atoms with Gasteiger partial charge < -0.3 is 20.9 Å². The van der Waals surface area contributed by atoms with Crippen LogP contribution in [0, 0.1) is 0 Å². The lowest BCUT2D eigenvalue weighted by molar-refractivity contribution is -0.119. The van der Waals surface area contributed by atoms with Gasteiger partial charge >= 0.3 is 0 Å². The van der Waals surface area contributed by atoms with Crippen molar-refractivity contribution in [3.63, 3.8) is 0 Å². The lowest BCUT2D eigenvalue weighted by Gasteiger charge is -2.03. The Labute approximate surface area is 125 Å². The number of ether oxygens (including phenoxy) is 1. The third kappa shape index (κ3) is 4.02. The van der Waals surface area contributed by atoms with Crippen molar-refractivity contribution < 1.29 is 14.6 Å². The number of nitrogens with two attached hydrogens (primary N) is 1. The number of H-pyrrole nitrogens is 1. The van der Waals surface area contributed by atoms with Gasteiger partial charge in [-0.3, -0.25) is 19.1 Å². The predicted molar refractivity (Wildman–Crippen MR) is 77.8 cm³/mol. The maximum absolute atomic E-state index is 11.4. The number of rotatable bonds is 4. The zero-order chi connectivity index (χ0) is 15.9. The predicted octanol–water partition coefficient (Wildman–Crippen LogP) is -1.44. The first-order valence-electron chi connectivity index (χ1n) is 6.77. The molecule has 0 saturated carbocycles. The number of carbonyl (C=O) groups is 1. The Morgan fingerprint density at radius 2 is 2.27 bits per heavy atom. The number of aromatic nitrogens is 4. The monoisotopic (exact) mass is 310 g/mol. The minimum Gasteiger partial charge on any atom is -0.394 e. The fourth-order valence-corrected chi connectivity index (χ4v) is 1.86. The lowest BCUT2D eigenvalue weighted by atomic mass is 10.4. The van der Waals surface area contributed by atoms with Crippen LogP contribution in [-0.4, -0.2) is 50.3 Å². The van der Waals surface area contributed by atoms with E-state index in [0.29, 0.717) is 5.65 Å². The zero-order valence-electron chi connectivity index (χ0n) is 11.9. The van der Waals surface area contributed by atoms with Crippen LogP contribution in [0.4, 0.5) is 5.95 Å². The molecule has 120 valence electrons. The quantitative estimate of drug-likeness (QED) is 0.506. The summed E-state index contributed by atoms with van der Waals surface area (Å²) >= 11 is 0. The van der Waals surface area contributed by atoms with Gasteiger partial charge in [0.15, 0.2) is 11.2 Å². The van der Waals surface area contributed by atoms with Crippen molar-refractivity contribution in [1.82, 2.24) is 24.8 Å². The van der Waals surface area contributed by atoms with E-state index in [1.54, 1.807) is 0 Å². The molecule has 1 saturated heterocycles. The van der Waals surface area contributed by atoms with Gasteiger partial charge in [-0.15, -0.1) is 0 Å². The number of nitrogen functional groups attached to an aromatic ring is 1. The number of hydrogen-bond acceptors (Lipinski definition) is 7. The van der Waals surface area contributed by atoms with Gasteiger partial charge in [0.2, 0.25) is 11.9 Å². The molecule has 2 aromatic heterocycles. The molecule has 0 spiro atoms. The molecule has 10 nitrogen and oxygen atoms in total. The van der Waals surface area contributed by atoms with Gasteiger partial charge in [0.1, 0.15) is 6.73 Å². The largest absolute Gasteiger partial charge is 0.394 e. The fourth-order valence-electron chi connectivity index (χ4n) is 1.86. The first-order chi connectivity index (χ1) is 10.6. The van der Waals surface area contributed by atoms with Gasteiger partial charge in [-0.2, -0.15) is 4.98 Å². The highest BCUT2D eigenvalue weighted by Crippen LogP contribution is 2.05. The highest BCUT2D eigenvalue weighted by Gasteiger charge is 2.08. The minimum absolute atomic E-state index is 0.0291. The second kappa shape index (κ2) is 7.52. The van der Waals surface area contributed by atoms with Crippen molar-refractivity contribution in [3.05, 3.63) is 16.7 Å². The average Bonchev–Trinajstić information content (AvgIpc) is 3.10. The molecule has 0 radical (unpaired) electrons. The van der Waals surface area contributed by atoms with Gasteiger partial charge in [0.05, 0.1) is 19.5 Å². The molecule has 1 aliphatic rings. The maximum atomic E-state index is 11.4. The van der Waals surface area contributed by atoms with Crippen LogP contribution in [0.25, 0.3) is 11.2 Å². The number of carbonyl (C=O) groups excluding carboxylic acids is 1. The zero-order valence-corrected chi connectivity index (χ0v) is 11.9. The van der Waals surface area contributed by atoms with Crippen molar-refractivity contribution in [1.29, 1.82) is 0 Å². The van der Waals surface area contributed by atoms with Crippen LogP contribution in [-0.2, 0) is 16.3 Å². The molecule has 1 amide bonds. The molecule has 1 aliphatic heterocycles. The number of amides is 1. The fraction of sp³-hybridized carbons (Fsp3) is 0.500. The average molecular weight is 310 g/mol. The summed E-state index contributed by atoms with van der Waals surface area (Å²) in [4.78, 5) is 31.7. The highest BCUT2D eigenvalue weighted by atomic mass is 16.5. The molecule has 3 heterocycles. The topological polar surface area (TPSA) is 148 Å². The third-order valence-electron chi connectivity index (χ3n) is 2.86. The second-order valence-electron chi connectivity index (χ2n) is 4.55. The molecule has 10 heteroatoms. The Hall–Kier alpha value is -2.46. The molecule has 1 fully saturated rings. The number of nitrogens with zero attached hydrogens (tertiary/aromatic N) is 3. The summed E-state index contributed by atoms with van der Waals surface area (Å²) in [5.41, 5.74) is 5.60. The Morgan fingerprint density at radius 1 is 1.45 bits per heavy atom. The van der Waals surface area contributed by atoms with E-state index >= 15 is 0 Å². The summed E-state index contributed by atoms with van der Waals surface area (Å²) in [6.45, 7) is 1.19. The summed E-state index contributed by atoms with van der Waals surface area (Å²) in [7, 11) is 0. The molecular formula is C12H18N6O4. The highest BCUT2D eigenvalue weighted by molar-refractivity contribution is 5.77. The van der Waals surface area contributed by atoms with E-state index in [2.05, 4.69) is 20.3 Å². The number of imidazole rings is 1. The van der Waals surface area contributed by atoms with Crippen molar-refractivity contribution in [2.24, 2.45) is 0 Å². The van der Waals surface area contributed by atoms with Crippen LogP contribution in [0.5, 0.6) is 0 Å². The van der Waals surface area contributed by atoms with E-state index < -0.39 is 0 Å². The summed E-state index contributed by atoms with van der Waals surface area (Å²) in [6, 6.07) is 0. The number of aliphatic hydroxyl groups excluding tert-OH is 1. The normalized spacial score (nSPS) is 13.8. The van der Waals surface area contributed by atoms with Gasteiger partial charge in [0.25, 0.3) is 5.56 Å². The minimum atomic E-state index is -0.386. The number of aromatic amines is 1. The Balaban J connectivity index is 0.000000246. The molecule has 2 aromatic rings. The molecule has 3 rings (SSSR count). The van der Waals surface area contributed by atoms with Crippen molar-refractivity contribution in [3.8, 4) is 0 Å². The molecule has 0 aliphatic carbocycles. The van der Waals surface area contributed by atoms with Gasteiger partial charge in [-0.05, 0) is 6.42 Å². The van der Waals surface area contributed by atoms with Crippen LogP contribution < -0.4 is 16.6 Å². The number of aliphatic hydroxyl groups is 1. The molecule has 0 bridgehead atoms. The van der Waals surface area contributed by atoms with E-state index in [1.807, 2.05) is 0 Å². The molecule has 0 aromatic carbocycles. The SMILES string of the molecule is Nc1nc2c(ncn2COCCO)c(=O)[nH]1.O=C1CCCN1. The van der Waals surface area contributed by atoms with E-state index in [-0.39, 0.29) is 42.9 Å². The van der Waals surface area contributed by atoms with Gasteiger partial charge in [0, 0.05) is 13.0 Å². The molecule has 0 unspecified atom stereocenters. The molecule has 22 heavy (non-hydrogen) atoms. The van der Waals surface area contributed by atoms with Crippen LogP contribution in [0.15, 0.2) is 11.1 Å². The Bertz CT molecular complexity index is 686. The number of fused-ring (bicyclic) bond motifs is 1. The van der Waals surface area contributed by atoms with Crippen LogP contribution in [0.1, 0.15) is 12.8 Å². The second-order valence-corrected chi connectivity index (χ2v) is 4.55. The van der Waals surface area contributed by atoms with Crippen LogP contribution in [0.3, 0.4) is 0 Å². The number of nitrogens with one attached hydrogen (secondary N) is 2. The van der Waals surface area contributed by atoms with Crippen LogP contribution in [0.2, 0.25) is 0 Å². The van der Waals surface area contributed by atoms with Crippen molar-refractivity contribution in [2.45, 2.75) is 19.6 Å². The van der Waals surface area contributed by atoms with Crippen molar-refractivity contribution >= 4 is 23.0 Å². The van der Waals surface area contributed by atoms with E-state index in [9.17, 15) is 9.59 Å². The molecule has 0 atom stereocenters. The summed E-state index contributed by atoms with van der Waals surface area (Å²) in [6.07, 6.45) is 3.20. The van der Waals surface area contributed by atoms with E-state index in [4.69, 9.17) is 15.6 Å². The van der Waals surface area contributed by atoms with Gasteiger partial charge in [-0.1, -0.05) is 0 Å². The summed E-state index contributed by atoms with van der Waals surface area (Å²) in [5, 5.41) is 11.2. The number of anilines is 1. The first kappa shape index (κ1) is 15.9. The standard InChI is InChI=1S/C8H11N5O3.C4H7NO/c9-8-11-6-5(7(15)12-8)10-3-13(6)4-16-2-1-14;6-4-2-1-3-5-4/h3,14H,1-2,4H2,(H3,9,11,12,15);1-3H2,(H,5,6). The Kier molecular flexibility index (Phi) is 5.44. The molecule has 5 N–H and O–H groups in total. The summed E-state index contributed by atoms with van der Waals surface area (Å²) in [5.74, 6) is 0.233. The van der Waals surface area contributed by atoms with E-state index in [0.717, 1.165) is 19.4 Å². The summed E-state index contributed by atoms with van der Waals surface area (Å²) < 4.78 is 6.63. The lowest BCUT2D eigenvalue weighted by Crippen LogP contribution is -2.13. The van der Waals surface area contributed by atoms with Gasteiger partial charge in [-0.25, -0.2) is 4.98 Å². The molecular weight excluding hydrogens is 292 g/mol. The Morgan fingerprint density at radius 3 is 2.86 bits per heavy atom. The van der Waals surface area contributed by atoms with E-state index in [1.165, 1.54) is 10.9 Å². The third-order valence-corrected chi connectivity index (χ3v) is 2.86. The smallest absolute Gasteiger partial charge is 0.280 e.